The number of carboxylic acid groups (broad SMARTS) is 1. The number of carbonyl (C=O) groups is 2. The van der Waals surface area contributed by atoms with Crippen LogP contribution in [-0.4, -0.2) is 42.2 Å². The third-order valence-electron chi connectivity index (χ3n) is 2.87. The minimum Gasteiger partial charge on any atom is -0.478 e. The number of aromatic carboxylic acids is 1. The second-order valence-corrected chi connectivity index (χ2v) is 7.01. The van der Waals surface area contributed by atoms with Crippen molar-refractivity contribution in [1.82, 2.24) is 4.98 Å². The molecule has 1 aliphatic rings. The van der Waals surface area contributed by atoms with Gasteiger partial charge in [0.2, 0.25) is 15.9 Å². The molecule has 1 atom stereocenters. The number of carbonyl (C=O) groups excluding carboxylic acids is 1. The predicted molar refractivity (Wildman–Crippen MR) is 72.8 cm³/mol. The lowest BCUT2D eigenvalue weighted by Gasteiger charge is -2.17. The summed E-state index contributed by atoms with van der Waals surface area (Å²) in [6.07, 6.45) is 1.05. The summed E-state index contributed by atoms with van der Waals surface area (Å²) in [5.41, 5.74) is -0.192. The van der Waals surface area contributed by atoms with Crippen LogP contribution in [-0.2, 0) is 14.8 Å². The zero-order valence-electron chi connectivity index (χ0n) is 9.98. The summed E-state index contributed by atoms with van der Waals surface area (Å²) in [7, 11) is -3.86. The number of primary sulfonamides is 1. The molecule has 0 aliphatic carbocycles. The first-order chi connectivity index (χ1) is 9.20. The Morgan fingerprint density at radius 2 is 2.20 bits per heavy atom. The average Bonchev–Trinajstić information content (AvgIpc) is 2.71. The van der Waals surface area contributed by atoms with E-state index in [1.807, 2.05) is 0 Å². The summed E-state index contributed by atoms with van der Waals surface area (Å²) >= 11 is 3.09. The number of hydrogen-bond acceptors (Lipinski definition) is 5. The van der Waals surface area contributed by atoms with E-state index < -0.39 is 27.1 Å². The predicted octanol–water partition coefficient (Wildman–Crippen LogP) is -0.0639. The highest BCUT2D eigenvalue weighted by Crippen LogP contribution is 2.27. The van der Waals surface area contributed by atoms with Crippen LogP contribution < -0.4 is 10.0 Å². The Balaban J connectivity index is 2.43. The molecule has 3 N–H and O–H groups in total. The molecule has 0 saturated carbocycles. The highest BCUT2D eigenvalue weighted by molar-refractivity contribution is 9.10. The molecule has 2 rings (SSSR count). The Kier molecular flexibility index (Phi) is 3.80. The van der Waals surface area contributed by atoms with Crippen molar-refractivity contribution in [3.05, 3.63) is 22.3 Å². The molecule has 20 heavy (non-hydrogen) atoms. The maximum Gasteiger partial charge on any atom is 0.339 e. The number of pyridine rings is 1. The van der Waals surface area contributed by atoms with E-state index in [9.17, 15) is 18.0 Å². The second kappa shape index (κ2) is 5.11. The van der Waals surface area contributed by atoms with Crippen molar-refractivity contribution < 1.29 is 23.1 Å². The summed E-state index contributed by atoms with van der Waals surface area (Å²) < 4.78 is 23.0. The molecule has 2 heterocycles. The standard InChI is InChI=1S/C10H10BrN3O5S/c11-5-1-7(10(16)17)9(13-3-5)14-4-6(2-8(14)15)20(12,18)19/h1,3,6H,2,4H2,(H,16,17)(H2,12,18,19). The third kappa shape index (κ3) is 2.81. The summed E-state index contributed by atoms with van der Waals surface area (Å²) in [5, 5.41) is 13.1. The van der Waals surface area contributed by atoms with E-state index in [0.717, 1.165) is 4.90 Å². The van der Waals surface area contributed by atoms with Gasteiger partial charge in [0.05, 0.1) is 0 Å². The van der Waals surface area contributed by atoms with E-state index in [-0.39, 0.29) is 24.3 Å². The van der Waals surface area contributed by atoms with Gasteiger partial charge in [-0.3, -0.25) is 9.69 Å². The zero-order chi connectivity index (χ0) is 15.1. The largest absolute Gasteiger partial charge is 0.478 e. The Bertz CT molecular complexity index is 690. The van der Waals surface area contributed by atoms with Crippen LogP contribution in [0.25, 0.3) is 0 Å². The highest BCUT2D eigenvalue weighted by atomic mass is 79.9. The van der Waals surface area contributed by atoms with Crippen LogP contribution in [0.1, 0.15) is 16.8 Å². The number of rotatable bonds is 3. The molecule has 1 unspecified atom stereocenters. The summed E-state index contributed by atoms with van der Waals surface area (Å²) in [4.78, 5) is 27.9. The Hall–Kier alpha value is -1.52. The van der Waals surface area contributed by atoms with Gasteiger partial charge in [0, 0.05) is 23.6 Å². The number of anilines is 1. The topological polar surface area (TPSA) is 131 Å². The van der Waals surface area contributed by atoms with Gasteiger partial charge in [-0.1, -0.05) is 0 Å². The first-order valence-electron chi connectivity index (χ1n) is 5.41. The van der Waals surface area contributed by atoms with Gasteiger partial charge in [-0.2, -0.15) is 0 Å². The smallest absolute Gasteiger partial charge is 0.339 e. The van der Waals surface area contributed by atoms with Crippen molar-refractivity contribution in [3.63, 3.8) is 0 Å². The maximum atomic E-state index is 11.9. The molecule has 1 aliphatic heterocycles. The Morgan fingerprint density at radius 1 is 1.55 bits per heavy atom. The Morgan fingerprint density at radius 3 is 2.70 bits per heavy atom. The lowest BCUT2D eigenvalue weighted by atomic mass is 10.2. The normalized spacial score (nSPS) is 19.4. The first kappa shape index (κ1) is 14.9. The molecule has 0 aromatic carbocycles. The molecular formula is C10H10BrN3O5S. The molecule has 1 saturated heterocycles. The highest BCUT2D eigenvalue weighted by Gasteiger charge is 2.39. The van der Waals surface area contributed by atoms with Gasteiger partial charge in [-0.25, -0.2) is 23.3 Å². The molecule has 10 heteroatoms. The molecule has 1 fully saturated rings. The minimum atomic E-state index is -3.86. The maximum absolute atomic E-state index is 11.9. The zero-order valence-corrected chi connectivity index (χ0v) is 12.4. The van der Waals surface area contributed by atoms with Gasteiger partial charge in [-0.15, -0.1) is 0 Å². The van der Waals surface area contributed by atoms with Crippen molar-refractivity contribution in [2.24, 2.45) is 5.14 Å². The SMILES string of the molecule is NS(=O)(=O)C1CC(=O)N(c2ncc(Br)cc2C(=O)O)C1. The van der Waals surface area contributed by atoms with E-state index in [1.54, 1.807) is 0 Å². The van der Waals surface area contributed by atoms with Crippen molar-refractivity contribution in [2.75, 3.05) is 11.4 Å². The molecule has 1 aromatic rings. The average molecular weight is 364 g/mol. The number of amides is 1. The van der Waals surface area contributed by atoms with Crippen LogP contribution in [0.5, 0.6) is 0 Å². The van der Waals surface area contributed by atoms with Crippen LogP contribution in [0.2, 0.25) is 0 Å². The van der Waals surface area contributed by atoms with E-state index in [1.165, 1.54) is 12.3 Å². The monoisotopic (exact) mass is 363 g/mol. The molecule has 8 nitrogen and oxygen atoms in total. The molecule has 0 radical (unpaired) electrons. The fourth-order valence-electron chi connectivity index (χ4n) is 1.90. The molecule has 108 valence electrons. The van der Waals surface area contributed by atoms with E-state index >= 15 is 0 Å². The van der Waals surface area contributed by atoms with Crippen molar-refractivity contribution in [3.8, 4) is 0 Å². The van der Waals surface area contributed by atoms with Gasteiger partial charge in [-0.05, 0) is 22.0 Å². The molecular weight excluding hydrogens is 354 g/mol. The minimum absolute atomic E-state index is 0.0862. The lowest BCUT2D eigenvalue weighted by Crippen LogP contribution is -2.33. The van der Waals surface area contributed by atoms with Crippen LogP contribution in [0, 0.1) is 0 Å². The van der Waals surface area contributed by atoms with Crippen LogP contribution in [0.4, 0.5) is 5.82 Å². The number of nitrogens with zero attached hydrogens (tertiary/aromatic N) is 2. The second-order valence-electron chi connectivity index (χ2n) is 4.25. The molecule has 1 amide bonds. The van der Waals surface area contributed by atoms with Crippen LogP contribution in [0.3, 0.4) is 0 Å². The number of aromatic nitrogens is 1. The van der Waals surface area contributed by atoms with E-state index in [2.05, 4.69) is 20.9 Å². The van der Waals surface area contributed by atoms with Gasteiger partial charge in [0.1, 0.15) is 16.6 Å². The van der Waals surface area contributed by atoms with Crippen LogP contribution >= 0.6 is 15.9 Å². The van der Waals surface area contributed by atoms with Gasteiger partial charge in [0.25, 0.3) is 0 Å². The Labute approximate surface area is 122 Å². The molecule has 0 spiro atoms. The number of halogens is 1. The van der Waals surface area contributed by atoms with Crippen molar-refractivity contribution in [1.29, 1.82) is 0 Å². The number of nitrogens with two attached hydrogens (primary N) is 1. The fourth-order valence-corrected chi connectivity index (χ4v) is 2.97. The summed E-state index contributed by atoms with van der Waals surface area (Å²) in [5.74, 6) is -1.88. The lowest BCUT2D eigenvalue weighted by molar-refractivity contribution is -0.117. The first-order valence-corrected chi connectivity index (χ1v) is 7.81. The van der Waals surface area contributed by atoms with E-state index in [4.69, 9.17) is 10.2 Å². The van der Waals surface area contributed by atoms with Crippen molar-refractivity contribution >= 4 is 43.6 Å². The third-order valence-corrected chi connectivity index (χ3v) is 4.55. The number of carboxylic acids is 1. The van der Waals surface area contributed by atoms with Crippen LogP contribution in [0.15, 0.2) is 16.7 Å². The van der Waals surface area contributed by atoms with Gasteiger partial charge < -0.3 is 5.11 Å². The molecule has 1 aromatic heterocycles. The quantitative estimate of drug-likeness (QED) is 0.772. The van der Waals surface area contributed by atoms with E-state index in [0.29, 0.717) is 4.47 Å². The van der Waals surface area contributed by atoms with Gasteiger partial charge >= 0.3 is 5.97 Å². The summed E-state index contributed by atoms with van der Waals surface area (Å²) in [6.45, 7) is -0.202. The van der Waals surface area contributed by atoms with Gasteiger partial charge in [0.15, 0.2) is 0 Å². The number of sulfonamides is 1. The summed E-state index contributed by atoms with van der Waals surface area (Å²) in [6, 6.07) is 1.29. The number of hydrogen-bond donors (Lipinski definition) is 2. The fraction of sp³-hybridized carbons (Fsp3) is 0.300. The molecule has 0 bridgehead atoms. The van der Waals surface area contributed by atoms with Crippen molar-refractivity contribution in [2.45, 2.75) is 11.7 Å².